The third kappa shape index (κ3) is 4.38. The van der Waals surface area contributed by atoms with Crippen LogP contribution in [-0.4, -0.2) is 61.1 Å². The fourth-order valence-electron chi connectivity index (χ4n) is 3.22. The lowest BCUT2D eigenvalue weighted by Crippen LogP contribution is -2.49. The molecule has 1 aliphatic rings. The molecule has 0 atom stereocenters. The Labute approximate surface area is 169 Å². The molecule has 0 aliphatic carbocycles. The fraction of sp³-hybridized carbons (Fsp3) is 0.389. The van der Waals surface area contributed by atoms with E-state index in [2.05, 4.69) is 4.98 Å². The predicted octanol–water partition coefficient (Wildman–Crippen LogP) is 3.13. The number of hydrogen-bond donors (Lipinski definition) is 1. The molecule has 1 aliphatic heterocycles. The highest BCUT2D eigenvalue weighted by molar-refractivity contribution is 7.89. The second-order valence-corrected chi connectivity index (χ2v) is 9.42. The van der Waals surface area contributed by atoms with Crippen LogP contribution in [0, 0.1) is 13.8 Å². The van der Waals surface area contributed by atoms with E-state index in [1.54, 1.807) is 0 Å². The molecule has 1 aromatic heterocycles. The summed E-state index contributed by atoms with van der Waals surface area (Å²) in [5.41, 5.74) is 2.50. The first-order chi connectivity index (χ1) is 12.7. The molecule has 1 aromatic carbocycles. The maximum atomic E-state index is 12.8. The SMILES string of the molecule is Cc1cc(C(=O)CN2CCN(S(=O)(=O)c3ccc(Cl)c(Cl)c3)CC2)c(C)[nH]1. The van der Waals surface area contributed by atoms with Gasteiger partial charge in [-0.15, -0.1) is 0 Å². The lowest BCUT2D eigenvalue weighted by molar-refractivity contribution is 0.0901. The highest BCUT2D eigenvalue weighted by Gasteiger charge is 2.29. The number of halogens is 2. The van der Waals surface area contributed by atoms with E-state index in [1.165, 1.54) is 22.5 Å². The minimum atomic E-state index is -3.64. The largest absolute Gasteiger partial charge is 0.362 e. The molecular formula is C18H21Cl2N3O3S. The molecule has 0 unspecified atom stereocenters. The van der Waals surface area contributed by atoms with Gasteiger partial charge in [-0.25, -0.2) is 8.42 Å². The number of aromatic nitrogens is 1. The molecule has 0 saturated carbocycles. The van der Waals surface area contributed by atoms with Gasteiger partial charge < -0.3 is 4.98 Å². The van der Waals surface area contributed by atoms with Crippen LogP contribution in [0.5, 0.6) is 0 Å². The summed E-state index contributed by atoms with van der Waals surface area (Å²) >= 11 is 11.8. The summed E-state index contributed by atoms with van der Waals surface area (Å²) in [7, 11) is -3.64. The van der Waals surface area contributed by atoms with Gasteiger partial charge in [0, 0.05) is 43.1 Å². The average Bonchev–Trinajstić information content (AvgIpc) is 2.96. The van der Waals surface area contributed by atoms with Gasteiger partial charge in [0.05, 0.1) is 21.5 Å². The molecule has 27 heavy (non-hydrogen) atoms. The minimum absolute atomic E-state index is 0.0395. The molecule has 2 aromatic rings. The first-order valence-corrected chi connectivity index (χ1v) is 10.7. The second kappa shape index (κ2) is 7.93. The first kappa shape index (κ1) is 20.4. The van der Waals surface area contributed by atoms with E-state index in [9.17, 15) is 13.2 Å². The number of carbonyl (C=O) groups excluding carboxylic acids is 1. The van der Waals surface area contributed by atoms with Crippen molar-refractivity contribution in [2.24, 2.45) is 0 Å². The summed E-state index contributed by atoms with van der Waals surface area (Å²) in [6.45, 7) is 5.70. The monoisotopic (exact) mass is 429 g/mol. The van der Waals surface area contributed by atoms with E-state index in [4.69, 9.17) is 23.2 Å². The summed E-state index contributed by atoms with van der Waals surface area (Å²) in [6.07, 6.45) is 0. The number of aryl methyl sites for hydroxylation is 2. The smallest absolute Gasteiger partial charge is 0.243 e. The van der Waals surface area contributed by atoms with Gasteiger partial charge in [0.1, 0.15) is 0 Å². The van der Waals surface area contributed by atoms with Gasteiger partial charge in [-0.2, -0.15) is 4.31 Å². The number of H-pyrrole nitrogens is 1. The molecular weight excluding hydrogens is 409 g/mol. The lowest BCUT2D eigenvalue weighted by atomic mass is 10.1. The maximum Gasteiger partial charge on any atom is 0.243 e. The van der Waals surface area contributed by atoms with Crippen molar-refractivity contribution in [2.45, 2.75) is 18.7 Å². The molecule has 1 N–H and O–H groups in total. The minimum Gasteiger partial charge on any atom is -0.362 e. The molecule has 9 heteroatoms. The highest BCUT2D eigenvalue weighted by Crippen LogP contribution is 2.27. The maximum absolute atomic E-state index is 12.8. The van der Waals surface area contributed by atoms with Crippen LogP contribution < -0.4 is 0 Å². The van der Waals surface area contributed by atoms with Crippen LogP contribution in [0.15, 0.2) is 29.2 Å². The van der Waals surface area contributed by atoms with Crippen molar-refractivity contribution in [1.82, 2.24) is 14.2 Å². The number of carbonyl (C=O) groups is 1. The van der Waals surface area contributed by atoms with E-state index in [1.807, 2.05) is 24.8 Å². The Kier molecular flexibility index (Phi) is 5.98. The lowest BCUT2D eigenvalue weighted by Gasteiger charge is -2.33. The number of Topliss-reactive ketones (excluding diaryl/α,β-unsaturated/α-hetero) is 1. The zero-order valence-electron chi connectivity index (χ0n) is 15.1. The van der Waals surface area contributed by atoms with E-state index >= 15 is 0 Å². The average molecular weight is 430 g/mol. The van der Waals surface area contributed by atoms with Crippen LogP contribution in [0.4, 0.5) is 0 Å². The Bertz CT molecular complexity index is 964. The van der Waals surface area contributed by atoms with Crippen molar-refractivity contribution < 1.29 is 13.2 Å². The van der Waals surface area contributed by atoms with Crippen LogP contribution in [0.25, 0.3) is 0 Å². The molecule has 2 heterocycles. The summed E-state index contributed by atoms with van der Waals surface area (Å²) in [4.78, 5) is 17.7. The molecule has 0 radical (unpaired) electrons. The van der Waals surface area contributed by atoms with Gasteiger partial charge in [0.15, 0.2) is 5.78 Å². The molecule has 146 valence electrons. The quantitative estimate of drug-likeness (QED) is 0.740. The number of nitrogens with one attached hydrogen (secondary N) is 1. The van der Waals surface area contributed by atoms with Gasteiger partial charge in [0.2, 0.25) is 10.0 Å². The molecule has 0 spiro atoms. The number of benzene rings is 1. The van der Waals surface area contributed by atoms with Crippen molar-refractivity contribution in [1.29, 1.82) is 0 Å². The molecule has 1 fully saturated rings. The third-order valence-electron chi connectivity index (χ3n) is 4.68. The van der Waals surface area contributed by atoms with Gasteiger partial charge in [-0.3, -0.25) is 9.69 Å². The summed E-state index contributed by atoms with van der Waals surface area (Å²) in [5, 5.41) is 0.522. The molecule has 0 amide bonds. The van der Waals surface area contributed by atoms with E-state index in [-0.39, 0.29) is 22.2 Å². The van der Waals surface area contributed by atoms with Gasteiger partial charge in [-0.1, -0.05) is 23.2 Å². The number of ketones is 1. The Morgan fingerprint density at radius 2 is 1.74 bits per heavy atom. The predicted molar refractivity (Wildman–Crippen MR) is 106 cm³/mol. The second-order valence-electron chi connectivity index (χ2n) is 6.67. The van der Waals surface area contributed by atoms with Gasteiger partial charge in [-0.05, 0) is 38.1 Å². The highest BCUT2D eigenvalue weighted by atomic mass is 35.5. The van der Waals surface area contributed by atoms with Crippen molar-refractivity contribution >= 4 is 39.0 Å². The van der Waals surface area contributed by atoms with Crippen LogP contribution in [0.3, 0.4) is 0 Å². The van der Waals surface area contributed by atoms with Crippen molar-refractivity contribution in [3.8, 4) is 0 Å². The molecule has 6 nitrogen and oxygen atoms in total. The Balaban J connectivity index is 1.63. The summed E-state index contributed by atoms with van der Waals surface area (Å²) in [5.74, 6) is 0.0395. The normalized spacial score (nSPS) is 16.6. The standard InChI is InChI=1S/C18H21Cl2N3O3S/c1-12-9-15(13(2)21-12)18(24)11-22-5-7-23(8-6-22)27(25,26)14-3-4-16(19)17(20)10-14/h3-4,9-10,21H,5-8,11H2,1-2H3. The van der Waals surface area contributed by atoms with Crippen molar-refractivity contribution in [3.05, 3.63) is 51.3 Å². The van der Waals surface area contributed by atoms with Crippen molar-refractivity contribution in [2.75, 3.05) is 32.7 Å². The zero-order chi connectivity index (χ0) is 19.8. The van der Waals surface area contributed by atoms with Crippen molar-refractivity contribution in [3.63, 3.8) is 0 Å². The number of piperazine rings is 1. The number of sulfonamides is 1. The Morgan fingerprint density at radius 1 is 1.07 bits per heavy atom. The molecule has 3 rings (SSSR count). The fourth-order valence-corrected chi connectivity index (χ4v) is 5.03. The van der Waals surface area contributed by atoms with Crippen LogP contribution in [0.1, 0.15) is 21.7 Å². The van der Waals surface area contributed by atoms with E-state index in [0.717, 1.165) is 11.4 Å². The van der Waals surface area contributed by atoms with E-state index in [0.29, 0.717) is 36.8 Å². The summed E-state index contributed by atoms with van der Waals surface area (Å²) < 4.78 is 27.0. The van der Waals surface area contributed by atoms with E-state index < -0.39 is 10.0 Å². The van der Waals surface area contributed by atoms with Gasteiger partial charge in [0.25, 0.3) is 0 Å². The number of hydrogen-bond acceptors (Lipinski definition) is 4. The topological polar surface area (TPSA) is 73.5 Å². The van der Waals surface area contributed by atoms with Gasteiger partial charge >= 0.3 is 0 Å². The number of rotatable bonds is 5. The summed E-state index contributed by atoms with van der Waals surface area (Å²) in [6, 6.07) is 6.15. The Hall–Kier alpha value is -1.38. The first-order valence-electron chi connectivity index (χ1n) is 8.55. The zero-order valence-corrected chi connectivity index (χ0v) is 17.5. The van der Waals surface area contributed by atoms with Crippen LogP contribution >= 0.6 is 23.2 Å². The molecule has 1 saturated heterocycles. The Morgan fingerprint density at radius 3 is 2.30 bits per heavy atom. The van der Waals surface area contributed by atoms with Crippen LogP contribution in [-0.2, 0) is 10.0 Å². The number of aromatic amines is 1. The third-order valence-corrected chi connectivity index (χ3v) is 7.31. The number of nitrogens with zero attached hydrogens (tertiary/aromatic N) is 2. The molecule has 0 bridgehead atoms. The van der Waals surface area contributed by atoms with Crippen LogP contribution in [0.2, 0.25) is 10.0 Å².